The van der Waals surface area contributed by atoms with Crippen molar-refractivity contribution >= 4 is 38.4 Å². The maximum absolute atomic E-state index is 4.11. The van der Waals surface area contributed by atoms with Gasteiger partial charge < -0.3 is 0 Å². The van der Waals surface area contributed by atoms with Crippen LogP contribution in [0.15, 0.2) is 151 Å². The van der Waals surface area contributed by atoms with Crippen LogP contribution in [0.5, 0.6) is 0 Å². The van der Waals surface area contributed by atoms with Crippen molar-refractivity contribution in [3.05, 3.63) is 168 Å². The summed E-state index contributed by atoms with van der Waals surface area (Å²) in [4.78, 5) is 4.11. The lowest BCUT2D eigenvalue weighted by Gasteiger charge is -2.24. The smallest absolute Gasteiger partial charge is 0.0273 e. The summed E-state index contributed by atoms with van der Waals surface area (Å²) < 4.78 is 0. The number of fused-ring (bicyclic) bond motifs is 3. The van der Waals surface area contributed by atoms with E-state index in [-0.39, 0.29) is 5.92 Å². The van der Waals surface area contributed by atoms with Crippen LogP contribution in [0.4, 0.5) is 0 Å². The zero-order valence-corrected chi connectivity index (χ0v) is 25.4. The molecule has 1 aliphatic rings. The van der Waals surface area contributed by atoms with Crippen LogP contribution in [0.2, 0.25) is 0 Å². The number of rotatable bonds is 7. The minimum Gasteiger partial charge on any atom is -0.265 e. The third-order valence-corrected chi connectivity index (χ3v) is 9.15. The molecule has 1 heteroatoms. The first-order chi connectivity index (χ1) is 21.7. The van der Waals surface area contributed by atoms with Crippen LogP contribution in [0, 0.1) is 0 Å². The van der Waals surface area contributed by atoms with Gasteiger partial charge in [-0.25, -0.2) is 0 Å². The molecule has 0 fully saturated rings. The Kier molecular flexibility index (Phi) is 7.78. The predicted octanol–water partition coefficient (Wildman–Crippen LogP) is 12.0. The first-order valence-electron chi connectivity index (χ1n) is 15.8. The number of benzene rings is 5. The third-order valence-electron chi connectivity index (χ3n) is 9.15. The molecule has 0 radical (unpaired) electrons. The van der Waals surface area contributed by atoms with Gasteiger partial charge in [0.15, 0.2) is 0 Å². The molecule has 2 unspecified atom stereocenters. The van der Waals surface area contributed by atoms with Crippen molar-refractivity contribution in [3.8, 4) is 11.1 Å². The molecule has 1 aromatic heterocycles. The Morgan fingerprint density at radius 2 is 1.36 bits per heavy atom. The van der Waals surface area contributed by atoms with Crippen molar-refractivity contribution in [1.29, 1.82) is 0 Å². The average Bonchev–Trinajstić information content (AvgIpc) is 3.09. The molecule has 0 saturated carbocycles. The second-order valence-corrected chi connectivity index (χ2v) is 11.8. The summed E-state index contributed by atoms with van der Waals surface area (Å²) >= 11 is 0. The molecule has 6 aromatic rings. The van der Waals surface area contributed by atoms with Gasteiger partial charge in [-0.2, -0.15) is 0 Å². The zero-order chi connectivity index (χ0) is 29.9. The molecule has 1 nitrogen and oxygen atoms in total. The molecule has 0 saturated heterocycles. The highest BCUT2D eigenvalue weighted by atomic mass is 14.6. The lowest BCUT2D eigenvalue weighted by atomic mass is 9.80. The first-order valence-corrected chi connectivity index (χ1v) is 15.8. The molecule has 2 atom stereocenters. The van der Waals surface area contributed by atoms with Crippen LogP contribution < -0.4 is 0 Å². The van der Waals surface area contributed by atoms with E-state index in [0.29, 0.717) is 5.92 Å². The fourth-order valence-corrected chi connectivity index (χ4v) is 6.91. The van der Waals surface area contributed by atoms with Gasteiger partial charge in [0, 0.05) is 18.3 Å². The molecule has 0 amide bonds. The molecule has 0 N–H and O–H groups in total. The molecule has 0 bridgehead atoms. The molecule has 5 aromatic carbocycles. The van der Waals surface area contributed by atoms with E-state index in [2.05, 4.69) is 146 Å². The highest BCUT2D eigenvalue weighted by molar-refractivity contribution is 6.19. The summed E-state index contributed by atoms with van der Waals surface area (Å²) in [6, 6.07) is 35.8. The zero-order valence-electron chi connectivity index (χ0n) is 25.4. The number of nitrogens with zero attached hydrogens (tertiary/aromatic N) is 1. The fraction of sp³-hybridized carbons (Fsp3) is 0.140. The van der Waals surface area contributed by atoms with E-state index in [1.807, 2.05) is 24.5 Å². The molecule has 214 valence electrons. The Balaban J connectivity index is 1.36. The lowest BCUT2D eigenvalue weighted by Crippen LogP contribution is -2.02. The monoisotopic (exact) mass is 567 g/mol. The minimum absolute atomic E-state index is 0.269. The normalized spacial score (nSPS) is 16.0. The Morgan fingerprint density at radius 3 is 2.00 bits per heavy atom. The molecule has 0 spiro atoms. The van der Waals surface area contributed by atoms with E-state index in [0.717, 1.165) is 18.4 Å². The van der Waals surface area contributed by atoms with E-state index >= 15 is 0 Å². The predicted molar refractivity (Wildman–Crippen MR) is 190 cm³/mol. The van der Waals surface area contributed by atoms with Gasteiger partial charge >= 0.3 is 0 Å². The maximum Gasteiger partial charge on any atom is 0.0273 e. The molecule has 7 rings (SSSR count). The molecule has 44 heavy (non-hydrogen) atoms. The second-order valence-electron chi connectivity index (χ2n) is 11.8. The number of hydrogen-bond acceptors (Lipinski definition) is 1. The SMILES string of the molecule is CCC1=CCC(c2c3ccccc3c(-c3ccc(C(C)/C=C\C=C\c4ccncc4)c4ccccc34)c3ccccc23)C=C1. The van der Waals surface area contributed by atoms with Crippen LogP contribution in [0.3, 0.4) is 0 Å². The van der Waals surface area contributed by atoms with Crippen LogP contribution in [0.25, 0.3) is 49.5 Å². The Labute approximate surface area is 260 Å². The molecule has 1 aliphatic carbocycles. The Bertz CT molecular complexity index is 2030. The second kappa shape index (κ2) is 12.3. The molecular formula is C43H37N. The number of pyridine rings is 1. The third kappa shape index (κ3) is 5.20. The summed E-state index contributed by atoms with van der Waals surface area (Å²) in [5, 5.41) is 7.97. The molecule has 0 aliphatic heterocycles. The van der Waals surface area contributed by atoms with Crippen molar-refractivity contribution in [2.24, 2.45) is 0 Å². The summed E-state index contributed by atoms with van der Waals surface area (Å²) in [5.41, 5.74) is 8.00. The standard InChI is InChI=1S/C43H37N/c1-3-31-20-22-33(23-21-31)42-37-16-8-10-18-39(37)43(40-19-11-9-17-38(40)42)41-25-24-34(35-14-6-7-15-36(35)41)30(2)12-4-5-13-32-26-28-44-29-27-32/h4-22,24-30,33H,3,23H2,1-2H3/b12-4-,13-5+. The van der Waals surface area contributed by atoms with E-state index in [1.165, 1.54) is 60.1 Å². The topological polar surface area (TPSA) is 12.9 Å². The van der Waals surface area contributed by atoms with Gasteiger partial charge in [-0.3, -0.25) is 4.98 Å². The number of hydrogen-bond donors (Lipinski definition) is 0. The lowest BCUT2D eigenvalue weighted by molar-refractivity contribution is 0.850. The number of aromatic nitrogens is 1. The van der Waals surface area contributed by atoms with Gasteiger partial charge in [-0.05, 0) is 91.0 Å². The van der Waals surface area contributed by atoms with E-state index in [9.17, 15) is 0 Å². The van der Waals surface area contributed by atoms with Crippen LogP contribution in [0.1, 0.15) is 55.2 Å². The van der Waals surface area contributed by atoms with E-state index in [4.69, 9.17) is 0 Å². The average molecular weight is 568 g/mol. The summed E-state index contributed by atoms with van der Waals surface area (Å²) in [7, 11) is 0. The van der Waals surface area contributed by atoms with Gasteiger partial charge in [0.05, 0.1) is 0 Å². The van der Waals surface area contributed by atoms with Gasteiger partial charge in [-0.1, -0.05) is 147 Å². The van der Waals surface area contributed by atoms with Crippen molar-refractivity contribution in [1.82, 2.24) is 4.98 Å². The van der Waals surface area contributed by atoms with Gasteiger partial charge in [-0.15, -0.1) is 0 Å². The molecular weight excluding hydrogens is 530 g/mol. The van der Waals surface area contributed by atoms with Crippen molar-refractivity contribution in [3.63, 3.8) is 0 Å². The summed E-state index contributed by atoms with van der Waals surface area (Å²) in [6.07, 6.45) is 21.7. The fourth-order valence-electron chi connectivity index (χ4n) is 6.91. The van der Waals surface area contributed by atoms with Crippen molar-refractivity contribution in [2.45, 2.75) is 38.5 Å². The number of allylic oxidation sites excluding steroid dienone is 7. The molecule has 1 heterocycles. The Hall–Kier alpha value is -5.01. The van der Waals surface area contributed by atoms with Crippen molar-refractivity contribution < 1.29 is 0 Å². The quantitative estimate of drug-likeness (QED) is 0.138. The summed E-state index contributed by atoms with van der Waals surface area (Å²) in [5.74, 6) is 0.638. The van der Waals surface area contributed by atoms with Gasteiger partial charge in [0.2, 0.25) is 0 Å². The van der Waals surface area contributed by atoms with Gasteiger partial charge in [0.1, 0.15) is 0 Å². The van der Waals surface area contributed by atoms with Crippen molar-refractivity contribution in [2.75, 3.05) is 0 Å². The first kappa shape index (κ1) is 27.8. The Morgan fingerprint density at radius 1 is 0.727 bits per heavy atom. The van der Waals surface area contributed by atoms with Crippen LogP contribution >= 0.6 is 0 Å². The summed E-state index contributed by atoms with van der Waals surface area (Å²) in [6.45, 7) is 4.53. The minimum atomic E-state index is 0.269. The highest BCUT2D eigenvalue weighted by Crippen LogP contribution is 2.46. The largest absolute Gasteiger partial charge is 0.265 e. The highest BCUT2D eigenvalue weighted by Gasteiger charge is 2.22. The van der Waals surface area contributed by atoms with E-state index < -0.39 is 0 Å². The maximum atomic E-state index is 4.11. The van der Waals surface area contributed by atoms with Crippen LogP contribution in [-0.4, -0.2) is 4.98 Å². The van der Waals surface area contributed by atoms with E-state index in [1.54, 1.807) is 0 Å². The van der Waals surface area contributed by atoms with Gasteiger partial charge in [0.25, 0.3) is 0 Å². The van der Waals surface area contributed by atoms with Crippen LogP contribution in [-0.2, 0) is 0 Å².